The van der Waals surface area contributed by atoms with Crippen LogP contribution in [0.4, 0.5) is 11.8 Å². The Kier molecular flexibility index (Phi) is 3.38. The van der Waals surface area contributed by atoms with Gasteiger partial charge in [0.25, 0.3) is 0 Å². The van der Waals surface area contributed by atoms with Crippen molar-refractivity contribution in [3.8, 4) is 0 Å². The summed E-state index contributed by atoms with van der Waals surface area (Å²) in [7, 11) is 0. The molecule has 8 nitrogen and oxygen atoms in total. The lowest BCUT2D eigenvalue weighted by Crippen LogP contribution is -2.13. The molecule has 8 heteroatoms. The van der Waals surface area contributed by atoms with E-state index in [2.05, 4.69) is 35.9 Å². The summed E-state index contributed by atoms with van der Waals surface area (Å²) in [4.78, 5) is 12.7. The largest absolute Gasteiger partial charge is 0.369 e. The van der Waals surface area contributed by atoms with Crippen molar-refractivity contribution in [1.29, 1.82) is 0 Å². The summed E-state index contributed by atoms with van der Waals surface area (Å²) in [6, 6.07) is 5.86. The zero-order chi connectivity index (χ0) is 13.8. The van der Waals surface area contributed by atoms with Crippen molar-refractivity contribution < 1.29 is 0 Å². The Labute approximate surface area is 114 Å². The minimum absolute atomic E-state index is 0.335. The van der Waals surface area contributed by atoms with Crippen LogP contribution in [0.1, 0.15) is 5.69 Å². The van der Waals surface area contributed by atoms with Gasteiger partial charge in [-0.1, -0.05) is 6.07 Å². The number of aromatic nitrogens is 5. The summed E-state index contributed by atoms with van der Waals surface area (Å²) in [5.41, 5.74) is 4.09. The van der Waals surface area contributed by atoms with E-state index in [4.69, 9.17) is 5.84 Å². The quantitative estimate of drug-likeness (QED) is 0.398. The van der Waals surface area contributed by atoms with Crippen LogP contribution in [0, 0.1) is 0 Å². The number of rotatable bonds is 5. The van der Waals surface area contributed by atoms with Gasteiger partial charge in [-0.05, 0) is 12.1 Å². The van der Waals surface area contributed by atoms with Crippen LogP contribution in [0.3, 0.4) is 0 Å². The van der Waals surface area contributed by atoms with Gasteiger partial charge in [0.1, 0.15) is 5.82 Å². The Morgan fingerprint density at radius 2 is 2.20 bits per heavy atom. The van der Waals surface area contributed by atoms with Gasteiger partial charge in [0.05, 0.1) is 11.6 Å². The van der Waals surface area contributed by atoms with Crippen LogP contribution < -0.4 is 16.6 Å². The molecule has 0 radical (unpaired) electrons. The van der Waals surface area contributed by atoms with Gasteiger partial charge in [-0.15, -0.1) is 0 Å². The van der Waals surface area contributed by atoms with Crippen LogP contribution in [-0.4, -0.2) is 31.7 Å². The lowest BCUT2D eigenvalue weighted by molar-refractivity contribution is 0.954. The van der Waals surface area contributed by atoms with Gasteiger partial charge in [0.2, 0.25) is 5.95 Å². The minimum Gasteiger partial charge on any atom is -0.369 e. The van der Waals surface area contributed by atoms with Crippen LogP contribution in [0.25, 0.3) is 11.0 Å². The SMILES string of the molecule is NNc1nc(NCCc2ccccn2)c2cn[nH]c2n1. The number of aromatic amines is 1. The summed E-state index contributed by atoms with van der Waals surface area (Å²) < 4.78 is 0. The van der Waals surface area contributed by atoms with Crippen molar-refractivity contribution in [2.45, 2.75) is 6.42 Å². The summed E-state index contributed by atoms with van der Waals surface area (Å²) in [6.07, 6.45) is 4.26. The molecular formula is C12H14N8. The highest BCUT2D eigenvalue weighted by Crippen LogP contribution is 2.19. The van der Waals surface area contributed by atoms with E-state index >= 15 is 0 Å². The van der Waals surface area contributed by atoms with Gasteiger partial charge in [-0.3, -0.25) is 15.5 Å². The summed E-state index contributed by atoms with van der Waals surface area (Å²) in [5.74, 6) is 6.37. The standard InChI is InChI=1S/C12H14N8/c13-19-12-17-10(9-7-16-20-11(9)18-12)15-6-4-8-3-1-2-5-14-8/h1-3,5,7H,4,6,13H2,(H3,15,16,17,18,19,20). The highest BCUT2D eigenvalue weighted by atomic mass is 15.3. The Morgan fingerprint density at radius 1 is 1.25 bits per heavy atom. The molecule has 102 valence electrons. The van der Waals surface area contributed by atoms with E-state index in [1.165, 1.54) is 0 Å². The Morgan fingerprint density at radius 3 is 3.00 bits per heavy atom. The van der Waals surface area contributed by atoms with E-state index in [0.717, 1.165) is 17.5 Å². The molecule has 0 aliphatic carbocycles. The second-order valence-corrected chi connectivity index (χ2v) is 4.17. The average molecular weight is 270 g/mol. The molecule has 0 aliphatic heterocycles. The zero-order valence-electron chi connectivity index (χ0n) is 10.7. The lowest BCUT2D eigenvalue weighted by atomic mass is 10.2. The van der Waals surface area contributed by atoms with E-state index in [1.807, 2.05) is 18.2 Å². The third-order valence-corrected chi connectivity index (χ3v) is 2.84. The molecule has 20 heavy (non-hydrogen) atoms. The van der Waals surface area contributed by atoms with E-state index in [-0.39, 0.29) is 0 Å². The molecule has 0 fully saturated rings. The van der Waals surface area contributed by atoms with E-state index in [9.17, 15) is 0 Å². The normalized spacial score (nSPS) is 10.7. The van der Waals surface area contributed by atoms with Crippen molar-refractivity contribution >= 4 is 22.8 Å². The summed E-state index contributed by atoms with van der Waals surface area (Å²) >= 11 is 0. The minimum atomic E-state index is 0.335. The van der Waals surface area contributed by atoms with Gasteiger partial charge >= 0.3 is 0 Å². The Hall–Kier alpha value is -2.74. The Balaban J connectivity index is 1.75. The van der Waals surface area contributed by atoms with E-state index < -0.39 is 0 Å². The van der Waals surface area contributed by atoms with Crippen LogP contribution in [-0.2, 0) is 6.42 Å². The van der Waals surface area contributed by atoms with Gasteiger partial charge in [-0.25, -0.2) is 5.84 Å². The summed E-state index contributed by atoms with van der Waals surface area (Å²) in [5, 5.41) is 10.8. The average Bonchev–Trinajstić information content (AvgIpc) is 2.96. The van der Waals surface area contributed by atoms with Crippen molar-refractivity contribution in [1.82, 2.24) is 25.1 Å². The van der Waals surface area contributed by atoms with E-state index in [1.54, 1.807) is 12.4 Å². The smallest absolute Gasteiger partial charge is 0.241 e. The van der Waals surface area contributed by atoms with Gasteiger partial charge in [-0.2, -0.15) is 15.1 Å². The third-order valence-electron chi connectivity index (χ3n) is 2.84. The first-order chi connectivity index (χ1) is 9.86. The van der Waals surface area contributed by atoms with E-state index in [0.29, 0.717) is 24.0 Å². The monoisotopic (exact) mass is 270 g/mol. The van der Waals surface area contributed by atoms with Crippen molar-refractivity contribution in [2.24, 2.45) is 5.84 Å². The molecule has 5 N–H and O–H groups in total. The number of fused-ring (bicyclic) bond motifs is 1. The van der Waals surface area contributed by atoms with Crippen LogP contribution in [0.15, 0.2) is 30.6 Å². The number of nitrogens with two attached hydrogens (primary N) is 1. The molecule has 0 unspecified atom stereocenters. The molecule has 0 saturated heterocycles. The number of nitrogen functional groups attached to an aromatic ring is 1. The highest BCUT2D eigenvalue weighted by Gasteiger charge is 2.08. The number of anilines is 2. The maximum absolute atomic E-state index is 5.35. The highest BCUT2D eigenvalue weighted by molar-refractivity contribution is 5.86. The number of nitrogens with zero attached hydrogens (tertiary/aromatic N) is 4. The second kappa shape index (κ2) is 5.49. The molecular weight excluding hydrogens is 256 g/mol. The van der Waals surface area contributed by atoms with Crippen molar-refractivity contribution in [2.75, 3.05) is 17.3 Å². The molecule has 0 spiro atoms. The van der Waals surface area contributed by atoms with Crippen LogP contribution in [0.2, 0.25) is 0 Å². The van der Waals surface area contributed by atoms with Gasteiger partial charge < -0.3 is 5.32 Å². The molecule has 0 aliphatic rings. The molecule has 0 atom stereocenters. The molecule has 0 bridgehead atoms. The molecule has 3 aromatic rings. The number of hydrogen-bond donors (Lipinski definition) is 4. The molecule has 3 heterocycles. The number of nitrogens with one attached hydrogen (secondary N) is 3. The maximum Gasteiger partial charge on any atom is 0.241 e. The second-order valence-electron chi connectivity index (χ2n) is 4.17. The Bertz CT molecular complexity index is 693. The van der Waals surface area contributed by atoms with Gasteiger partial charge in [0, 0.05) is 24.9 Å². The van der Waals surface area contributed by atoms with Crippen molar-refractivity contribution in [3.63, 3.8) is 0 Å². The molecule has 3 aromatic heterocycles. The number of H-pyrrole nitrogens is 1. The molecule has 3 rings (SSSR count). The first kappa shape index (κ1) is 12.3. The number of pyridine rings is 1. The number of hydrazine groups is 1. The fourth-order valence-electron chi connectivity index (χ4n) is 1.89. The number of hydrogen-bond acceptors (Lipinski definition) is 7. The fraction of sp³-hybridized carbons (Fsp3) is 0.167. The van der Waals surface area contributed by atoms with Crippen molar-refractivity contribution in [3.05, 3.63) is 36.3 Å². The zero-order valence-corrected chi connectivity index (χ0v) is 10.7. The third kappa shape index (κ3) is 2.50. The van der Waals surface area contributed by atoms with Crippen LogP contribution >= 0.6 is 0 Å². The summed E-state index contributed by atoms with van der Waals surface area (Å²) in [6.45, 7) is 0.707. The predicted molar refractivity (Wildman–Crippen MR) is 75.9 cm³/mol. The molecule has 0 aromatic carbocycles. The molecule has 0 saturated carbocycles. The maximum atomic E-state index is 5.35. The lowest BCUT2D eigenvalue weighted by Gasteiger charge is -2.07. The van der Waals surface area contributed by atoms with Crippen LogP contribution in [0.5, 0.6) is 0 Å². The first-order valence-electron chi connectivity index (χ1n) is 6.18. The predicted octanol–water partition coefficient (Wildman–Crippen LogP) is 0.688. The fourth-order valence-corrected chi connectivity index (χ4v) is 1.89. The molecule has 0 amide bonds. The first-order valence-corrected chi connectivity index (χ1v) is 6.18. The topological polar surface area (TPSA) is 117 Å². The van der Waals surface area contributed by atoms with Gasteiger partial charge in [0.15, 0.2) is 5.65 Å².